The summed E-state index contributed by atoms with van der Waals surface area (Å²) in [6.45, 7) is 0.923. The second-order valence-electron chi connectivity index (χ2n) is 3.67. The number of hydrogen-bond acceptors (Lipinski definition) is 2. The van der Waals surface area contributed by atoms with Crippen molar-refractivity contribution in [2.45, 2.75) is 18.9 Å². The van der Waals surface area contributed by atoms with Crippen molar-refractivity contribution < 1.29 is 13.5 Å². The molecule has 1 N–H and O–H groups in total. The van der Waals surface area contributed by atoms with E-state index in [0.717, 1.165) is 24.9 Å². The molecule has 90 valence electrons. The Bertz CT molecular complexity index is 367. The van der Waals surface area contributed by atoms with E-state index in [1.165, 1.54) is 13.2 Å². The van der Waals surface area contributed by atoms with Gasteiger partial charge in [0.25, 0.3) is 0 Å². The van der Waals surface area contributed by atoms with Crippen LogP contribution < -0.4 is 10.1 Å². The van der Waals surface area contributed by atoms with Gasteiger partial charge in [0, 0.05) is 6.04 Å². The van der Waals surface area contributed by atoms with E-state index in [1.54, 1.807) is 6.07 Å². The average molecular weight is 250 g/mol. The Kier molecular flexibility index (Phi) is 4.50. The number of nitrogens with one attached hydrogen (secondary N) is 1. The van der Waals surface area contributed by atoms with Crippen molar-refractivity contribution in [2.75, 3.05) is 13.7 Å². The highest BCUT2D eigenvalue weighted by Gasteiger charge is 2.20. The minimum absolute atomic E-state index is 0. The van der Waals surface area contributed by atoms with Gasteiger partial charge in [0.1, 0.15) is 0 Å². The van der Waals surface area contributed by atoms with Crippen molar-refractivity contribution in [1.29, 1.82) is 0 Å². The zero-order valence-corrected chi connectivity index (χ0v) is 9.74. The average Bonchev–Trinajstić information content (AvgIpc) is 2.75. The molecule has 0 radical (unpaired) electrons. The van der Waals surface area contributed by atoms with E-state index in [4.69, 9.17) is 4.74 Å². The van der Waals surface area contributed by atoms with Crippen LogP contribution >= 0.6 is 12.4 Å². The summed E-state index contributed by atoms with van der Waals surface area (Å²) in [5.41, 5.74) is 0.753. The molecule has 0 aromatic heterocycles. The first-order valence-corrected chi connectivity index (χ1v) is 4.98. The summed E-state index contributed by atoms with van der Waals surface area (Å²) < 4.78 is 31.1. The molecule has 1 aliphatic rings. The highest BCUT2D eigenvalue weighted by atomic mass is 35.5. The van der Waals surface area contributed by atoms with Gasteiger partial charge in [-0.05, 0) is 37.1 Å². The Morgan fingerprint density at radius 1 is 1.38 bits per heavy atom. The van der Waals surface area contributed by atoms with Gasteiger partial charge < -0.3 is 10.1 Å². The Balaban J connectivity index is 0.00000128. The fraction of sp³-hybridized carbons (Fsp3) is 0.455. The van der Waals surface area contributed by atoms with Gasteiger partial charge in [-0.15, -0.1) is 12.4 Å². The van der Waals surface area contributed by atoms with Gasteiger partial charge in [0.2, 0.25) is 5.82 Å². The van der Waals surface area contributed by atoms with E-state index in [0.29, 0.717) is 0 Å². The van der Waals surface area contributed by atoms with Crippen LogP contribution in [0.5, 0.6) is 5.75 Å². The molecule has 1 aromatic rings. The van der Waals surface area contributed by atoms with Crippen LogP contribution in [0.4, 0.5) is 8.78 Å². The molecule has 1 aromatic carbocycles. The molecule has 1 atom stereocenters. The van der Waals surface area contributed by atoms with E-state index in [2.05, 4.69) is 5.32 Å². The fourth-order valence-corrected chi connectivity index (χ4v) is 1.90. The van der Waals surface area contributed by atoms with Crippen molar-refractivity contribution >= 4 is 12.4 Å². The predicted octanol–water partition coefficient (Wildman–Crippen LogP) is 2.82. The maximum atomic E-state index is 13.2. The molecule has 0 amide bonds. The first kappa shape index (κ1) is 13.2. The third-order valence-electron chi connectivity index (χ3n) is 2.70. The zero-order chi connectivity index (χ0) is 10.8. The minimum Gasteiger partial charge on any atom is -0.494 e. The van der Waals surface area contributed by atoms with Crippen LogP contribution in [0.25, 0.3) is 0 Å². The van der Waals surface area contributed by atoms with Gasteiger partial charge in [-0.25, -0.2) is 4.39 Å². The van der Waals surface area contributed by atoms with Crippen LogP contribution in [0.2, 0.25) is 0 Å². The molecule has 1 heterocycles. The summed E-state index contributed by atoms with van der Waals surface area (Å²) in [7, 11) is 1.34. The molecule has 1 saturated heterocycles. The highest BCUT2D eigenvalue weighted by Crippen LogP contribution is 2.29. The number of benzene rings is 1. The first-order valence-electron chi connectivity index (χ1n) is 4.98. The van der Waals surface area contributed by atoms with Gasteiger partial charge in [-0.3, -0.25) is 0 Å². The molecule has 2 nitrogen and oxygen atoms in total. The lowest BCUT2D eigenvalue weighted by molar-refractivity contribution is 0.370. The van der Waals surface area contributed by atoms with Crippen molar-refractivity contribution in [3.63, 3.8) is 0 Å². The first-order chi connectivity index (χ1) is 7.22. The SMILES string of the molecule is COc1cc(C2CCCN2)cc(F)c1F.Cl. The Labute approximate surface area is 99.4 Å². The van der Waals surface area contributed by atoms with E-state index in [1.807, 2.05) is 0 Å². The Morgan fingerprint density at radius 2 is 2.12 bits per heavy atom. The zero-order valence-electron chi connectivity index (χ0n) is 8.93. The predicted molar refractivity (Wildman–Crippen MR) is 60.1 cm³/mol. The van der Waals surface area contributed by atoms with Gasteiger partial charge in [0.15, 0.2) is 11.6 Å². The monoisotopic (exact) mass is 249 g/mol. The van der Waals surface area contributed by atoms with Crippen molar-refractivity contribution in [2.24, 2.45) is 0 Å². The highest BCUT2D eigenvalue weighted by molar-refractivity contribution is 5.85. The second kappa shape index (κ2) is 5.46. The third kappa shape index (κ3) is 2.44. The lowest BCUT2D eigenvalue weighted by Gasteiger charge is -2.12. The van der Waals surface area contributed by atoms with E-state index in [-0.39, 0.29) is 24.2 Å². The summed E-state index contributed by atoms with van der Waals surface area (Å²) in [6.07, 6.45) is 2.01. The molecular formula is C11H14ClF2NO. The molecule has 2 rings (SSSR count). The Morgan fingerprint density at radius 3 is 2.69 bits per heavy atom. The van der Waals surface area contributed by atoms with E-state index < -0.39 is 11.6 Å². The topological polar surface area (TPSA) is 21.3 Å². The quantitative estimate of drug-likeness (QED) is 0.870. The van der Waals surface area contributed by atoms with Crippen LogP contribution in [-0.2, 0) is 0 Å². The van der Waals surface area contributed by atoms with Gasteiger partial charge in [-0.1, -0.05) is 0 Å². The largest absolute Gasteiger partial charge is 0.494 e. The summed E-state index contributed by atoms with van der Waals surface area (Å²) in [5.74, 6) is -1.80. The smallest absolute Gasteiger partial charge is 0.200 e. The standard InChI is InChI=1S/C11H13F2NO.ClH/c1-15-10-6-7(5-8(12)11(10)13)9-3-2-4-14-9;/h5-6,9,14H,2-4H2,1H3;1H. The summed E-state index contributed by atoms with van der Waals surface area (Å²) in [6, 6.07) is 2.91. The van der Waals surface area contributed by atoms with Crippen LogP contribution in [0.3, 0.4) is 0 Å². The number of halogens is 3. The molecule has 1 aliphatic heterocycles. The van der Waals surface area contributed by atoms with Crippen LogP contribution in [-0.4, -0.2) is 13.7 Å². The second-order valence-corrected chi connectivity index (χ2v) is 3.67. The molecule has 1 unspecified atom stereocenters. The molecule has 0 saturated carbocycles. The van der Waals surface area contributed by atoms with Crippen LogP contribution in [0, 0.1) is 11.6 Å². The normalized spacial score (nSPS) is 19.3. The number of ether oxygens (including phenoxy) is 1. The molecular weight excluding hydrogens is 236 g/mol. The van der Waals surface area contributed by atoms with Crippen molar-refractivity contribution in [3.8, 4) is 5.75 Å². The summed E-state index contributed by atoms with van der Waals surface area (Å²) in [5, 5.41) is 3.23. The van der Waals surface area contributed by atoms with Crippen molar-refractivity contribution in [3.05, 3.63) is 29.3 Å². The van der Waals surface area contributed by atoms with Gasteiger partial charge in [0.05, 0.1) is 7.11 Å². The molecule has 0 spiro atoms. The Hall–Kier alpha value is -0.870. The molecule has 0 aliphatic carbocycles. The number of methoxy groups -OCH3 is 1. The fourth-order valence-electron chi connectivity index (χ4n) is 1.90. The molecule has 5 heteroatoms. The third-order valence-corrected chi connectivity index (χ3v) is 2.70. The minimum atomic E-state index is -0.917. The van der Waals surface area contributed by atoms with Crippen LogP contribution in [0.15, 0.2) is 12.1 Å². The van der Waals surface area contributed by atoms with Crippen molar-refractivity contribution in [1.82, 2.24) is 5.32 Å². The molecule has 0 bridgehead atoms. The lowest BCUT2D eigenvalue weighted by atomic mass is 10.0. The van der Waals surface area contributed by atoms with Gasteiger partial charge >= 0.3 is 0 Å². The van der Waals surface area contributed by atoms with Crippen LogP contribution in [0.1, 0.15) is 24.4 Å². The summed E-state index contributed by atoms with van der Waals surface area (Å²) >= 11 is 0. The number of hydrogen-bond donors (Lipinski definition) is 1. The summed E-state index contributed by atoms with van der Waals surface area (Å²) in [4.78, 5) is 0. The molecule has 16 heavy (non-hydrogen) atoms. The van der Waals surface area contributed by atoms with E-state index in [9.17, 15) is 8.78 Å². The van der Waals surface area contributed by atoms with E-state index >= 15 is 0 Å². The molecule has 1 fully saturated rings. The maximum Gasteiger partial charge on any atom is 0.200 e. The van der Waals surface area contributed by atoms with Gasteiger partial charge in [-0.2, -0.15) is 4.39 Å². The maximum absolute atomic E-state index is 13.2. The number of rotatable bonds is 2. The lowest BCUT2D eigenvalue weighted by Crippen LogP contribution is -2.13.